The molecular weight excluding hydrogens is 312 g/mol. The summed E-state index contributed by atoms with van der Waals surface area (Å²) in [6.45, 7) is 1.83. The predicted octanol–water partition coefficient (Wildman–Crippen LogP) is 3.62. The van der Waals surface area contributed by atoms with Gasteiger partial charge >= 0.3 is 0 Å². The van der Waals surface area contributed by atoms with Gasteiger partial charge < -0.3 is 4.52 Å². The minimum absolute atomic E-state index is 0.405. The lowest BCUT2D eigenvalue weighted by atomic mass is 10.4. The molecule has 0 bridgehead atoms. The van der Waals surface area contributed by atoms with Gasteiger partial charge in [-0.1, -0.05) is 5.16 Å². The van der Waals surface area contributed by atoms with E-state index in [2.05, 4.69) is 15.5 Å². The molecule has 3 heterocycles. The lowest BCUT2D eigenvalue weighted by Crippen LogP contribution is -2.00. The molecule has 104 valence electrons. The van der Waals surface area contributed by atoms with E-state index in [1.807, 2.05) is 29.8 Å². The molecular formula is C13H12N2O2S3. The van der Waals surface area contributed by atoms with Gasteiger partial charge in [-0.15, -0.1) is 11.3 Å². The Morgan fingerprint density at radius 1 is 1.30 bits per heavy atom. The van der Waals surface area contributed by atoms with Crippen molar-refractivity contribution < 1.29 is 8.73 Å². The van der Waals surface area contributed by atoms with E-state index < -0.39 is 10.8 Å². The summed E-state index contributed by atoms with van der Waals surface area (Å²) >= 11 is 3.24. The zero-order valence-corrected chi connectivity index (χ0v) is 13.2. The van der Waals surface area contributed by atoms with Crippen molar-refractivity contribution in [2.75, 3.05) is 0 Å². The second-order valence-corrected chi connectivity index (χ2v) is 7.41. The van der Waals surface area contributed by atoms with Gasteiger partial charge in [0.05, 0.1) is 22.9 Å². The second-order valence-electron chi connectivity index (χ2n) is 4.31. The number of hydrogen-bond donors (Lipinski definition) is 0. The van der Waals surface area contributed by atoms with Crippen LogP contribution in [0.15, 0.2) is 32.8 Å². The molecule has 0 N–H and O–H groups in total. The van der Waals surface area contributed by atoms with Crippen molar-refractivity contribution in [3.8, 4) is 10.6 Å². The van der Waals surface area contributed by atoms with Crippen LogP contribution in [0, 0.1) is 6.92 Å². The molecule has 1 atom stereocenters. The number of hydrogen-bond acceptors (Lipinski definition) is 6. The van der Waals surface area contributed by atoms with Crippen LogP contribution in [0.5, 0.6) is 0 Å². The fourth-order valence-corrected chi connectivity index (χ4v) is 4.44. The molecule has 7 heteroatoms. The maximum absolute atomic E-state index is 12.1. The summed E-state index contributed by atoms with van der Waals surface area (Å²) in [4.78, 5) is 4.53. The third-order valence-electron chi connectivity index (χ3n) is 2.61. The molecule has 3 aromatic rings. The SMILES string of the molecule is Cc1cc(C[S@](=O)Cc2csc(-c3ccsc3)n2)no1. The van der Waals surface area contributed by atoms with E-state index in [0.29, 0.717) is 11.5 Å². The predicted molar refractivity (Wildman–Crippen MR) is 82.2 cm³/mol. The van der Waals surface area contributed by atoms with Crippen molar-refractivity contribution in [3.05, 3.63) is 45.4 Å². The fourth-order valence-electron chi connectivity index (χ4n) is 1.76. The van der Waals surface area contributed by atoms with Crippen molar-refractivity contribution in [1.82, 2.24) is 10.1 Å². The number of nitrogens with zero attached hydrogens (tertiary/aromatic N) is 2. The summed E-state index contributed by atoms with van der Waals surface area (Å²) in [6, 6.07) is 3.86. The molecule has 0 aromatic carbocycles. The highest BCUT2D eigenvalue weighted by Crippen LogP contribution is 2.26. The average Bonchev–Trinajstić information content (AvgIpc) is 3.10. The molecule has 0 unspecified atom stereocenters. The minimum Gasteiger partial charge on any atom is -0.361 e. The monoisotopic (exact) mass is 324 g/mol. The molecule has 0 aliphatic carbocycles. The zero-order chi connectivity index (χ0) is 13.9. The Morgan fingerprint density at radius 2 is 2.15 bits per heavy atom. The van der Waals surface area contributed by atoms with Gasteiger partial charge in [0.15, 0.2) is 0 Å². The first-order valence-electron chi connectivity index (χ1n) is 5.95. The molecule has 0 aliphatic rings. The number of aromatic nitrogens is 2. The molecule has 0 aliphatic heterocycles. The van der Waals surface area contributed by atoms with Crippen LogP contribution in [0.3, 0.4) is 0 Å². The van der Waals surface area contributed by atoms with Crippen LogP contribution in [-0.4, -0.2) is 14.3 Å². The quantitative estimate of drug-likeness (QED) is 0.719. The van der Waals surface area contributed by atoms with Crippen LogP contribution < -0.4 is 0 Å². The second kappa shape index (κ2) is 5.99. The molecule has 3 rings (SSSR count). The van der Waals surface area contributed by atoms with E-state index in [-0.39, 0.29) is 0 Å². The summed E-state index contributed by atoms with van der Waals surface area (Å²) < 4.78 is 17.1. The van der Waals surface area contributed by atoms with E-state index >= 15 is 0 Å². The fraction of sp³-hybridized carbons (Fsp3) is 0.231. The Morgan fingerprint density at radius 3 is 2.85 bits per heavy atom. The van der Waals surface area contributed by atoms with Gasteiger partial charge in [-0.25, -0.2) is 4.98 Å². The van der Waals surface area contributed by atoms with Crippen LogP contribution in [0.4, 0.5) is 0 Å². The van der Waals surface area contributed by atoms with Crippen LogP contribution in [0.2, 0.25) is 0 Å². The summed E-state index contributed by atoms with van der Waals surface area (Å²) in [5.74, 6) is 1.60. The molecule has 0 spiro atoms. The van der Waals surface area contributed by atoms with Gasteiger partial charge in [-0.05, 0) is 18.4 Å². The van der Waals surface area contributed by atoms with E-state index in [1.54, 1.807) is 22.7 Å². The minimum atomic E-state index is -1.02. The van der Waals surface area contributed by atoms with E-state index in [0.717, 1.165) is 27.7 Å². The van der Waals surface area contributed by atoms with Crippen LogP contribution in [-0.2, 0) is 22.3 Å². The smallest absolute Gasteiger partial charge is 0.133 e. The van der Waals surface area contributed by atoms with E-state index in [9.17, 15) is 4.21 Å². The summed E-state index contributed by atoms with van der Waals surface area (Å²) in [5, 5.41) is 10.9. The van der Waals surface area contributed by atoms with E-state index in [4.69, 9.17) is 4.52 Å². The van der Waals surface area contributed by atoms with Crippen LogP contribution >= 0.6 is 22.7 Å². The van der Waals surface area contributed by atoms with Gasteiger partial charge in [-0.3, -0.25) is 4.21 Å². The first kappa shape index (κ1) is 13.7. The van der Waals surface area contributed by atoms with Gasteiger partial charge in [0.2, 0.25) is 0 Å². The van der Waals surface area contributed by atoms with Crippen molar-refractivity contribution >= 4 is 33.5 Å². The van der Waals surface area contributed by atoms with Gasteiger partial charge in [-0.2, -0.15) is 11.3 Å². The maximum Gasteiger partial charge on any atom is 0.133 e. The van der Waals surface area contributed by atoms with Gasteiger partial charge in [0.1, 0.15) is 10.8 Å². The first-order chi connectivity index (χ1) is 9.70. The zero-order valence-electron chi connectivity index (χ0n) is 10.7. The topological polar surface area (TPSA) is 56.0 Å². The highest BCUT2D eigenvalue weighted by atomic mass is 32.2. The Hall–Kier alpha value is -1.31. The molecule has 4 nitrogen and oxygen atoms in total. The Labute approximate surface area is 126 Å². The number of aryl methyl sites for hydroxylation is 1. The van der Waals surface area contributed by atoms with Crippen molar-refractivity contribution in [1.29, 1.82) is 0 Å². The van der Waals surface area contributed by atoms with Crippen molar-refractivity contribution in [2.45, 2.75) is 18.4 Å². The molecule has 0 radical (unpaired) electrons. The molecule has 0 saturated carbocycles. The van der Waals surface area contributed by atoms with E-state index in [1.165, 1.54) is 0 Å². The molecule has 20 heavy (non-hydrogen) atoms. The largest absolute Gasteiger partial charge is 0.361 e. The molecule has 0 amide bonds. The third-order valence-corrected chi connectivity index (χ3v) is 5.47. The van der Waals surface area contributed by atoms with Crippen molar-refractivity contribution in [3.63, 3.8) is 0 Å². The average molecular weight is 324 g/mol. The standard InChI is InChI=1S/C13H12N2O2S3/c1-9-4-11(15-17-9)7-20(16)8-12-6-19-13(14-12)10-2-3-18-5-10/h2-6H,7-8H2,1H3/t20-/m0/s1. The normalized spacial score (nSPS) is 12.7. The first-order valence-corrected chi connectivity index (χ1v) is 9.26. The third kappa shape index (κ3) is 3.23. The van der Waals surface area contributed by atoms with Crippen molar-refractivity contribution in [2.24, 2.45) is 0 Å². The summed E-state index contributed by atoms with van der Waals surface area (Å²) in [5.41, 5.74) is 2.73. The Bertz CT molecular complexity index is 716. The van der Waals surface area contributed by atoms with Crippen LogP contribution in [0.25, 0.3) is 10.6 Å². The Balaban J connectivity index is 1.64. The lowest BCUT2D eigenvalue weighted by Gasteiger charge is -1.96. The summed E-state index contributed by atoms with van der Waals surface area (Å²) in [6.07, 6.45) is 0. The summed E-state index contributed by atoms with van der Waals surface area (Å²) in [7, 11) is -1.02. The van der Waals surface area contributed by atoms with Gasteiger partial charge in [0.25, 0.3) is 0 Å². The maximum atomic E-state index is 12.1. The molecule has 3 aromatic heterocycles. The van der Waals surface area contributed by atoms with Gasteiger partial charge in [0, 0.05) is 33.2 Å². The lowest BCUT2D eigenvalue weighted by molar-refractivity contribution is 0.392. The molecule has 0 fully saturated rings. The van der Waals surface area contributed by atoms with Crippen LogP contribution in [0.1, 0.15) is 17.1 Å². The highest BCUT2D eigenvalue weighted by molar-refractivity contribution is 7.83. The number of rotatable bonds is 5. The number of thiophene rings is 1. The Kier molecular flexibility index (Phi) is 4.09. The number of thiazole rings is 1. The molecule has 0 saturated heterocycles. The highest BCUT2D eigenvalue weighted by Gasteiger charge is 2.11.